The number of hydrogen-bond donors (Lipinski definition) is 1. The average Bonchev–Trinajstić information content (AvgIpc) is 1.98. The minimum Gasteiger partial charge on any atom is -0.293 e. The number of Topliss-reactive ketones (excluding diaryl/α,β-unsaturated/α-hetero) is 1. The third-order valence-corrected chi connectivity index (χ3v) is 1.52. The number of nitrogens with one attached hydrogen (secondary N) is 1. The van der Waals surface area contributed by atoms with E-state index in [4.69, 9.17) is 0 Å². The van der Waals surface area contributed by atoms with Crippen molar-refractivity contribution in [2.24, 2.45) is 5.92 Å². The van der Waals surface area contributed by atoms with E-state index in [1.807, 2.05) is 0 Å². The quantitative estimate of drug-likeness (QED) is 0.506. The molecular formula is C9H16FNO. The van der Waals surface area contributed by atoms with Crippen LogP contribution in [0.3, 0.4) is 0 Å². The van der Waals surface area contributed by atoms with Crippen LogP contribution in [0.1, 0.15) is 20.8 Å². The van der Waals surface area contributed by atoms with Gasteiger partial charge >= 0.3 is 0 Å². The molecule has 0 aromatic rings. The van der Waals surface area contributed by atoms with Gasteiger partial charge in [0, 0.05) is 0 Å². The summed E-state index contributed by atoms with van der Waals surface area (Å²) in [6.45, 7) is 8.63. The third-order valence-electron chi connectivity index (χ3n) is 1.52. The Kier molecular flexibility index (Phi) is 4.74. The Labute approximate surface area is 72.8 Å². The van der Waals surface area contributed by atoms with Gasteiger partial charge < -0.3 is 0 Å². The van der Waals surface area contributed by atoms with Gasteiger partial charge in [-0.2, -0.15) is 0 Å². The topological polar surface area (TPSA) is 29.1 Å². The molecule has 0 spiro atoms. The Morgan fingerprint density at radius 2 is 2.08 bits per heavy atom. The second kappa shape index (κ2) is 5.04. The summed E-state index contributed by atoms with van der Waals surface area (Å²) in [7, 11) is 0. The summed E-state index contributed by atoms with van der Waals surface area (Å²) in [4.78, 5) is 10.9. The van der Waals surface area contributed by atoms with Crippen LogP contribution < -0.4 is 5.32 Å². The van der Waals surface area contributed by atoms with E-state index in [2.05, 4.69) is 11.9 Å². The van der Waals surface area contributed by atoms with Crippen LogP contribution in [0.25, 0.3) is 0 Å². The molecule has 1 atom stereocenters. The number of carbonyl (C=O) groups excluding carboxylic acids is 1. The summed E-state index contributed by atoms with van der Waals surface area (Å²) in [5, 5.41) is 2.49. The number of carbonyl (C=O) groups is 1. The van der Waals surface area contributed by atoms with Crippen LogP contribution in [0.4, 0.5) is 4.39 Å². The van der Waals surface area contributed by atoms with E-state index in [0.29, 0.717) is 5.57 Å². The summed E-state index contributed by atoms with van der Waals surface area (Å²) in [5.41, 5.74) is 0.457. The van der Waals surface area contributed by atoms with Crippen molar-refractivity contribution in [3.63, 3.8) is 0 Å². The van der Waals surface area contributed by atoms with Crippen molar-refractivity contribution in [1.82, 2.24) is 5.32 Å². The molecule has 0 saturated carbocycles. The maximum Gasteiger partial charge on any atom is 0.171 e. The Hall–Kier alpha value is -0.700. The molecular weight excluding hydrogens is 157 g/mol. The zero-order valence-electron chi connectivity index (χ0n) is 7.86. The second-order valence-corrected chi connectivity index (χ2v) is 3.23. The van der Waals surface area contributed by atoms with Gasteiger partial charge in [0.1, 0.15) is 0 Å². The van der Waals surface area contributed by atoms with E-state index in [-0.39, 0.29) is 18.2 Å². The lowest BCUT2D eigenvalue weighted by molar-refractivity contribution is -0.115. The van der Waals surface area contributed by atoms with Crippen LogP contribution in [-0.4, -0.2) is 18.6 Å². The Morgan fingerprint density at radius 1 is 1.58 bits per heavy atom. The van der Waals surface area contributed by atoms with Crippen LogP contribution in [0.15, 0.2) is 12.2 Å². The van der Waals surface area contributed by atoms with Gasteiger partial charge in [-0.1, -0.05) is 20.4 Å². The van der Waals surface area contributed by atoms with Crippen molar-refractivity contribution >= 4 is 5.78 Å². The lowest BCUT2D eigenvalue weighted by atomic mass is 10.2. The molecule has 1 unspecified atom stereocenters. The highest BCUT2D eigenvalue weighted by atomic mass is 19.1. The summed E-state index contributed by atoms with van der Waals surface area (Å²) in [6.07, 6.45) is -1.12. The maximum atomic E-state index is 12.9. The van der Waals surface area contributed by atoms with Gasteiger partial charge in [0.25, 0.3) is 0 Å². The fourth-order valence-electron chi connectivity index (χ4n) is 0.577. The van der Waals surface area contributed by atoms with Crippen molar-refractivity contribution in [2.75, 3.05) is 6.54 Å². The SMILES string of the molecule is C=C(C)C(=O)CNC(F)C(C)C. The molecule has 0 aromatic heterocycles. The number of rotatable bonds is 5. The molecule has 0 aliphatic carbocycles. The van der Waals surface area contributed by atoms with Crippen LogP contribution in [-0.2, 0) is 4.79 Å². The minimum atomic E-state index is -1.12. The van der Waals surface area contributed by atoms with Crippen LogP contribution in [0, 0.1) is 5.92 Å². The Bertz CT molecular complexity index is 177. The van der Waals surface area contributed by atoms with Gasteiger partial charge in [0.15, 0.2) is 12.1 Å². The van der Waals surface area contributed by atoms with E-state index in [1.165, 1.54) is 0 Å². The van der Waals surface area contributed by atoms with Gasteiger partial charge in [-0.05, 0) is 18.4 Å². The molecule has 0 fully saturated rings. The lowest BCUT2D eigenvalue weighted by Gasteiger charge is -2.12. The van der Waals surface area contributed by atoms with Gasteiger partial charge in [0.05, 0.1) is 6.54 Å². The number of halogens is 1. The highest BCUT2D eigenvalue weighted by Gasteiger charge is 2.11. The second-order valence-electron chi connectivity index (χ2n) is 3.23. The molecule has 0 radical (unpaired) electrons. The Balaban J connectivity index is 3.69. The van der Waals surface area contributed by atoms with Crippen LogP contribution >= 0.6 is 0 Å². The predicted octanol–water partition coefficient (Wildman–Crippen LogP) is 1.67. The van der Waals surface area contributed by atoms with E-state index < -0.39 is 6.30 Å². The zero-order valence-corrected chi connectivity index (χ0v) is 7.86. The lowest BCUT2D eigenvalue weighted by Crippen LogP contribution is -2.34. The van der Waals surface area contributed by atoms with Gasteiger partial charge in [-0.25, -0.2) is 4.39 Å². The molecule has 0 aliphatic heterocycles. The standard InChI is InChI=1S/C9H16FNO/c1-6(2)8(12)5-11-9(10)7(3)4/h7,9,11H,1,5H2,2-4H3. The van der Waals surface area contributed by atoms with Crippen LogP contribution in [0.5, 0.6) is 0 Å². The summed E-state index contributed by atoms with van der Waals surface area (Å²) in [6, 6.07) is 0. The predicted molar refractivity (Wildman–Crippen MR) is 47.6 cm³/mol. The molecule has 0 aliphatic rings. The number of alkyl halides is 1. The van der Waals surface area contributed by atoms with Crippen LogP contribution in [0.2, 0.25) is 0 Å². The molecule has 3 heteroatoms. The van der Waals surface area contributed by atoms with E-state index >= 15 is 0 Å². The molecule has 0 aromatic carbocycles. The number of hydrogen-bond acceptors (Lipinski definition) is 2. The van der Waals surface area contributed by atoms with E-state index in [1.54, 1.807) is 20.8 Å². The number of ketones is 1. The Morgan fingerprint density at radius 3 is 2.42 bits per heavy atom. The molecule has 70 valence electrons. The maximum absolute atomic E-state index is 12.9. The largest absolute Gasteiger partial charge is 0.293 e. The molecule has 0 bridgehead atoms. The minimum absolute atomic E-state index is 0.0364. The highest BCUT2D eigenvalue weighted by Crippen LogP contribution is 2.01. The average molecular weight is 173 g/mol. The molecule has 1 N–H and O–H groups in total. The van der Waals surface area contributed by atoms with Crippen molar-refractivity contribution in [3.05, 3.63) is 12.2 Å². The molecule has 0 heterocycles. The molecule has 2 nitrogen and oxygen atoms in total. The van der Waals surface area contributed by atoms with Crippen molar-refractivity contribution in [2.45, 2.75) is 27.1 Å². The summed E-state index contributed by atoms with van der Waals surface area (Å²) < 4.78 is 12.9. The highest BCUT2D eigenvalue weighted by molar-refractivity contribution is 5.95. The molecule has 0 rings (SSSR count). The summed E-state index contributed by atoms with van der Waals surface area (Å²) >= 11 is 0. The van der Waals surface area contributed by atoms with Gasteiger partial charge in [-0.15, -0.1) is 0 Å². The zero-order chi connectivity index (χ0) is 9.72. The summed E-state index contributed by atoms with van der Waals surface area (Å²) in [5.74, 6) is -0.249. The first kappa shape index (κ1) is 11.3. The fraction of sp³-hybridized carbons (Fsp3) is 0.667. The monoisotopic (exact) mass is 173 g/mol. The normalized spacial score (nSPS) is 13.1. The smallest absolute Gasteiger partial charge is 0.171 e. The van der Waals surface area contributed by atoms with Crippen molar-refractivity contribution in [1.29, 1.82) is 0 Å². The van der Waals surface area contributed by atoms with Crippen molar-refractivity contribution < 1.29 is 9.18 Å². The molecule has 12 heavy (non-hydrogen) atoms. The molecule has 0 amide bonds. The first-order chi connectivity index (χ1) is 5.45. The fourth-order valence-corrected chi connectivity index (χ4v) is 0.577. The van der Waals surface area contributed by atoms with Gasteiger partial charge in [0.2, 0.25) is 0 Å². The van der Waals surface area contributed by atoms with E-state index in [9.17, 15) is 9.18 Å². The van der Waals surface area contributed by atoms with E-state index in [0.717, 1.165) is 0 Å². The van der Waals surface area contributed by atoms with Crippen molar-refractivity contribution in [3.8, 4) is 0 Å². The first-order valence-electron chi connectivity index (χ1n) is 4.01. The molecule has 0 saturated heterocycles. The van der Waals surface area contributed by atoms with Gasteiger partial charge in [-0.3, -0.25) is 10.1 Å². The first-order valence-corrected chi connectivity index (χ1v) is 4.01. The third kappa shape index (κ3) is 4.23.